The Hall–Kier alpha value is -2.57. The Bertz CT molecular complexity index is 1050. The summed E-state index contributed by atoms with van der Waals surface area (Å²) < 4.78 is 7.87. The van der Waals surface area contributed by atoms with Gasteiger partial charge in [0.05, 0.1) is 5.02 Å². The first-order valence-electron chi connectivity index (χ1n) is 9.97. The van der Waals surface area contributed by atoms with E-state index in [1.165, 1.54) is 6.42 Å². The van der Waals surface area contributed by atoms with Crippen LogP contribution in [0.25, 0.3) is 11.4 Å². The third kappa shape index (κ3) is 4.45. The Balaban J connectivity index is 1.43. The molecule has 3 aromatic rings. The maximum Gasteiger partial charge on any atom is 0.265 e. The number of nitrogens with zero attached hydrogens (tertiary/aromatic N) is 3. The van der Waals surface area contributed by atoms with Crippen molar-refractivity contribution in [1.82, 2.24) is 14.8 Å². The zero-order valence-corrected chi connectivity index (χ0v) is 18.1. The summed E-state index contributed by atoms with van der Waals surface area (Å²) in [5.41, 5.74) is 1.65. The molecule has 0 spiro atoms. The minimum absolute atomic E-state index is 0.282. The Labute approximate surface area is 185 Å². The van der Waals surface area contributed by atoms with Gasteiger partial charge in [0.15, 0.2) is 11.9 Å². The molecule has 1 N–H and O–H groups in total. The van der Waals surface area contributed by atoms with Gasteiger partial charge in [-0.2, -0.15) is 0 Å². The maximum absolute atomic E-state index is 12.5. The van der Waals surface area contributed by atoms with Crippen molar-refractivity contribution in [2.45, 2.75) is 45.3 Å². The minimum Gasteiger partial charge on any atom is -0.479 e. The largest absolute Gasteiger partial charge is 0.479 e. The predicted molar refractivity (Wildman–Crippen MR) is 118 cm³/mol. The van der Waals surface area contributed by atoms with Gasteiger partial charge in [-0.3, -0.25) is 4.79 Å². The zero-order valence-electron chi connectivity index (χ0n) is 16.6. The van der Waals surface area contributed by atoms with Crippen molar-refractivity contribution < 1.29 is 9.53 Å². The highest BCUT2D eigenvalue weighted by molar-refractivity contribution is 6.42. The van der Waals surface area contributed by atoms with Crippen LogP contribution in [0.4, 0.5) is 5.69 Å². The Kier molecular flexibility index (Phi) is 6.25. The molecule has 1 aliphatic rings. The number of amides is 1. The van der Waals surface area contributed by atoms with E-state index in [1.807, 2.05) is 24.3 Å². The first-order chi connectivity index (χ1) is 14.5. The summed E-state index contributed by atoms with van der Waals surface area (Å²) in [6.45, 7) is 2.60. The lowest BCUT2D eigenvalue weighted by Gasteiger charge is -2.16. The van der Waals surface area contributed by atoms with Gasteiger partial charge in [-0.25, -0.2) is 0 Å². The second-order valence-corrected chi connectivity index (χ2v) is 8.07. The molecule has 0 fully saturated rings. The van der Waals surface area contributed by atoms with Crippen LogP contribution in [-0.4, -0.2) is 26.8 Å². The number of aryl methyl sites for hydroxylation is 1. The van der Waals surface area contributed by atoms with E-state index in [-0.39, 0.29) is 10.9 Å². The molecule has 1 atom stereocenters. The van der Waals surface area contributed by atoms with Crippen LogP contribution in [-0.2, 0) is 17.8 Å². The molecule has 0 saturated heterocycles. The average molecular weight is 445 g/mol. The van der Waals surface area contributed by atoms with Gasteiger partial charge in [0.1, 0.15) is 16.6 Å². The molecule has 0 radical (unpaired) electrons. The lowest BCUT2D eigenvalue weighted by atomic mass is 10.2. The Morgan fingerprint density at radius 1 is 1.10 bits per heavy atom. The standard InChI is InChI=1S/C22H22Cl2N4O2/c1-14(30-18-7-5-6-17(23)20(18)24)22(29)25-16-11-9-15(10-12-16)21-27-26-19-8-3-2-4-13-28(19)21/h5-7,9-12,14H,2-4,8,13H2,1H3,(H,25,29). The van der Waals surface area contributed by atoms with Crippen molar-refractivity contribution in [3.05, 3.63) is 58.3 Å². The number of ether oxygens (including phenoxy) is 1. The van der Waals surface area contributed by atoms with Gasteiger partial charge in [-0.15, -0.1) is 10.2 Å². The van der Waals surface area contributed by atoms with E-state index < -0.39 is 6.10 Å². The number of aromatic nitrogens is 3. The first-order valence-corrected chi connectivity index (χ1v) is 10.7. The normalized spacial score (nSPS) is 14.5. The minimum atomic E-state index is -0.743. The number of hydrogen-bond acceptors (Lipinski definition) is 4. The van der Waals surface area contributed by atoms with Gasteiger partial charge in [0.25, 0.3) is 5.91 Å². The molecule has 0 bridgehead atoms. The van der Waals surface area contributed by atoms with E-state index in [1.54, 1.807) is 25.1 Å². The second kappa shape index (κ2) is 9.06. The molecule has 8 heteroatoms. The van der Waals surface area contributed by atoms with Crippen LogP contribution in [0, 0.1) is 0 Å². The lowest BCUT2D eigenvalue weighted by molar-refractivity contribution is -0.122. The number of carbonyl (C=O) groups excluding carboxylic acids is 1. The maximum atomic E-state index is 12.5. The van der Waals surface area contributed by atoms with Crippen LogP contribution in [0.5, 0.6) is 5.75 Å². The fourth-order valence-corrected chi connectivity index (χ4v) is 3.80. The Morgan fingerprint density at radius 2 is 1.90 bits per heavy atom. The number of fused-ring (bicyclic) bond motifs is 1. The first kappa shape index (κ1) is 20.7. The quantitative estimate of drug-likeness (QED) is 0.572. The van der Waals surface area contributed by atoms with Crippen LogP contribution in [0.2, 0.25) is 10.0 Å². The average Bonchev–Trinajstić information content (AvgIpc) is 3.00. The van der Waals surface area contributed by atoms with E-state index in [0.717, 1.165) is 43.0 Å². The number of carbonyl (C=O) groups is 1. The van der Waals surface area contributed by atoms with E-state index >= 15 is 0 Å². The summed E-state index contributed by atoms with van der Waals surface area (Å²) in [6.07, 6.45) is 3.74. The number of hydrogen-bond donors (Lipinski definition) is 1. The predicted octanol–water partition coefficient (Wildman–Crippen LogP) is 5.38. The highest BCUT2D eigenvalue weighted by atomic mass is 35.5. The van der Waals surface area contributed by atoms with Crippen LogP contribution >= 0.6 is 23.2 Å². The van der Waals surface area contributed by atoms with E-state index in [9.17, 15) is 4.79 Å². The molecule has 1 unspecified atom stereocenters. The molecule has 2 heterocycles. The summed E-state index contributed by atoms with van der Waals surface area (Å²) >= 11 is 12.1. The molecular formula is C22H22Cl2N4O2. The molecule has 30 heavy (non-hydrogen) atoms. The van der Waals surface area contributed by atoms with Crippen molar-refractivity contribution in [2.24, 2.45) is 0 Å². The Morgan fingerprint density at radius 3 is 2.70 bits per heavy atom. The van der Waals surface area contributed by atoms with Gasteiger partial charge < -0.3 is 14.6 Å². The summed E-state index contributed by atoms with van der Waals surface area (Å²) in [7, 11) is 0. The molecule has 2 aromatic carbocycles. The molecular weight excluding hydrogens is 423 g/mol. The van der Waals surface area contributed by atoms with Crippen molar-refractivity contribution in [3.63, 3.8) is 0 Å². The number of halogens is 2. The highest BCUT2D eigenvalue weighted by Gasteiger charge is 2.18. The number of benzene rings is 2. The molecule has 1 aliphatic heterocycles. The van der Waals surface area contributed by atoms with Crippen molar-refractivity contribution in [1.29, 1.82) is 0 Å². The summed E-state index contributed by atoms with van der Waals surface area (Å²) in [5, 5.41) is 12.2. The second-order valence-electron chi connectivity index (χ2n) is 7.28. The van der Waals surface area contributed by atoms with Crippen molar-refractivity contribution in [2.75, 3.05) is 5.32 Å². The van der Waals surface area contributed by atoms with Crippen LogP contribution in [0.1, 0.15) is 32.0 Å². The number of anilines is 1. The van der Waals surface area contributed by atoms with Crippen LogP contribution in [0.15, 0.2) is 42.5 Å². The lowest BCUT2D eigenvalue weighted by Crippen LogP contribution is -2.30. The topological polar surface area (TPSA) is 69.0 Å². The molecule has 0 aliphatic carbocycles. The monoisotopic (exact) mass is 444 g/mol. The van der Waals surface area contributed by atoms with E-state index in [4.69, 9.17) is 27.9 Å². The number of rotatable bonds is 5. The van der Waals surface area contributed by atoms with E-state index in [0.29, 0.717) is 16.5 Å². The number of nitrogens with one attached hydrogen (secondary N) is 1. The third-order valence-electron chi connectivity index (χ3n) is 5.11. The summed E-state index contributed by atoms with van der Waals surface area (Å²) in [5.74, 6) is 2.01. The molecule has 1 amide bonds. The highest BCUT2D eigenvalue weighted by Crippen LogP contribution is 2.32. The SMILES string of the molecule is CC(Oc1cccc(Cl)c1Cl)C(=O)Nc1ccc(-c2nnc3n2CCCCC3)cc1. The van der Waals surface area contributed by atoms with Crippen molar-refractivity contribution >= 4 is 34.8 Å². The zero-order chi connectivity index (χ0) is 21.1. The van der Waals surface area contributed by atoms with Gasteiger partial charge >= 0.3 is 0 Å². The van der Waals surface area contributed by atoms with Gasteiger partial charge in [0.2, 0.25) is 0 Å². The summed E-state index contributed by atoms with van der Waals surface area (Å²) in [6, 6.07) is 12.6. The third-order valence-corrected chi connectivity index (χ3v) is 5.91. The summed E-state index contributed by atoms with van der Waals surface area (Å²) in [4.78, 5) is 12.5. The fraction of sp³-hybridized carbons (Fsp3) is 0.318. The van der Waals surface area contributed by atoms with Crippen LogP contribution in [0.3, 0.4) is 0 Å². The molecule has 4 rings (SSSR count). The smallest absolute Gasteiger partial charge is 0.265 e. The molecule has 156 valence electrons. The molecule has 0 saturated carbocycles. The van der Waals surface area contributed by atoms with Gasteiger partial charge in [-0.1, -0.05) is 35.7 Å². The van der Waals surface area contributed by atoms with Gasteiger partial charge in [-0.05, 0) is 56.2 Å². The van der Waals surface area contributed by atoms with E-state index in [2.05, 4.69) is 20.1 Å². The van der Waals surface area contributed by atoms with Gasteiger partial charge in [0, 0.05) is 24.2 Å². The fourth-order valence-electron chi connectivity index (χ4n) is 3.46. The van der Waals surface area contributed by atoms with Crippen LogP contribution < -0.4 is 10.1 Å². The van der Waals surface area contributed by atoms with Crippen molar-refractivity contribution in [3.8, 4) is 17.1 Å². The molecule has 1 aromatic heterocycles. The molecule has 6 nitrogen and oxygen atoms in total.